The van der Waals surface area contributed by atoms with Crippen molar-refractivity contribution in [3.8, 4) is 0 Å². The smallest absolute Gasteiger partial charge is 0.326 e. The van der Waals surface area contributed by atoms with Gasteiger partial charge in [0.05, 0.1) is 30.8 Å². The molecular weight excluding hydrogens is 961 g/mol. The van der Waals surface area contributed by atoms with Gasteiger partial charge in [-0.2, -0.15) is 0 Å². The molecular formula is C69H98N6O3. The zero-order valence-corrected chi connectivity index (χ0v) is 50.2. The SMILES string of the molecule is CC(C)C.CC(C)Cc1ccccc1.CC(C)N1CCC2(C=Cc3ccccc32)CC1.CC(C)N1CCC2(CC1)OCCO2.CC(C)N1CCc2ccccc2C1.CC(C)n1c(=O)[nH]c2ccccc21.[C-]#[N+]c1ccccc1. The van der Waals surface area contributed by atoms with Crippen molar-refractivity contribution in [2.75, 3.05) is 45.9 Å². The topological polar surface area (TPSA) is 70.3 Å². The molecule has 1 aromatic heterocycles. The fraction of sp³-hybridized carbons (Fsp3) is 0.507. The van der Waals surface area contributed by atoms with Crippen molar-refractivity contribution in [2.45, 2.75) is 170 Å². The van der Waals surface area contributed by atoms with Gasteiger partial charge in [-0.3, -0.25) is 9.47 Å². The third-order valence-electron chi connectivity index (χ3n) is 15.0. The second kappa shape index (κ2) is 31.9. The van der Waals surface area contributed by atoms with Gasteiger partial charge in [-0.25, -0.2) is 9.64 Å². The minimum Gasteiger partial charge on any atom is -0.347 e. The highest BCUT2D eigenvalue weighted by atomic mass is 16.7. The van der Waals surface area contributed by atoms with Crippen LogP contribution in [0.25, 0.3) is 22.0 Å². The van der Waals surface area contributed by atoms with E-state index in [1.807, 2.05) is 56.3 Å². The fourth-order valence-electron chi connectivity index (χ4n) is 10.6. The molecule has 4 aliphatic heterocycles. The summed E-state index contributed by atoms with van der Waals surface area (Å²) in [5, 5.41) is 0. The van der Waals surface area contributed by atoms with Crippen LogP contribution >= 0.6 is 0 Å². The summed E-state index contributed by atoms with van der Waals surface area (Å²) in [6.45, 7) is 43.8. The van der Waals surface area contributed by atoms with Gasteiger partial charge in [0.1, 0.15) is 0 Å². The molecule has 0 amide bonds. The Bertz CT molecular complexity index is 2740. The van der Waals surface area contributed by atoms with Crippen molar-refractivity contribution in [1.29, 1.82) is 0 Å². The number of aromatic amines is 1. The third-order valence-corrected chi connectivity index (χ3v) is 15.0. The van der Waals surface area contributed by atoms with Gasteiger partial charge >= 0.3 is 5.69 Å². The Balaban J connectivity index is 0.000000172. The molecule has 1 aliphatic carbocycles. The highest BCUT2D eigenvalue weighted by Gasteiger charge is 2.40. The van der Waals surface area contributed by atoms with Crippen LogP contribution in [0.5, 0.6) is 0 Å². The number of piperidine rings is 2. The van der Waals surface area contributed by atoms with Crippen molar-refractivity contribution < 1.29 is 9.47 Å². The molecule has 3 fully saturated rings. The van der Waals surface area contributed by atoms with E-state index in [1.165, 1.54) is 62.0 Å². The van der Waals surface area contributed by atoms with Gasteiger partial charge in [0.2, 0.25) is 0 Å². The van der Waals surface area contributed by atoms with Crippen molar-refractivity contribution in [1.82, 2.24) is 24.3 Å². The summed E-state index contributed by atoms with van der Waals surface area (Å²) >= 11 is 0. The van der Waals surface area contributed by atoms with Gasteiger partial charge in [-0.05, 0) is 146 Å². The lowest BCUT2D eigenvalue weighted by molar-refractivity contribution is -0.187. The molecule has 3 saturated heterocycles. The number of nitrogens with one attached hydrogen (secondary N) is 1. The quantitative estimate of drug-likeness (QED) is 0.168. The number of hydrogen-bond acceptors (Lipinski definition) is 6. The first-order valence-corrected chi connectivity index (χ1v) is 29.4. The lowest BCUT2D eigenvalue weighted by Crippen LogP contribution is -2.47. The van der Waals surface area contributed by atoms with E-state index in [0.717, 1.165) is 68.6 Å². The molecule has 2 spiro atoms. The second-order valence-corrected chi connectivity index (χ2v) is 23.7. The standard InChI is InChI=1S/C16H21N.C12H17N.C10H12N2O.C10H19NO2.C10H14.C7H5N.C4H10/c1-13(2)17-11-9-16(10-12-17)8-7-14-5-3-4-6-15(14)16;1-10(2)13-8-7-11-5-3-4-6-12(11)9-13;1-7(2)12-9-6-4-3-5-8(9)11-10(12)13;1-9(2)11-5-3-10(4-6-11)12-7-8-13-10;1-9(2)8-10-6-4-3-5-7-10;1-8-7-5-3-2-4-6-7;1-4(2)3/h3-8,13H,9-12H2,1-2H3;3-6,10H,7-9H2,1-2H3;3-7H,1-2H3,(H,11,13);9H,3-8H2,1-2H3;3-7,9H,8H2,1-2H3;2-6H;4H,1-3H3. The van der Waals surface area contributed by atoms with Crippen LogP contribution in [0.15, 0.2) is 144 Å². The minimum absolute atomic E-state index is 0.0313. The molecule has 11 rings (SSSR count). The molecule has 0 radical (unpaired) electrons. The first kappa shape index (κ1) is 63.2. The molecule has 5 aromatic carbocycles. The van der Waals surface area contributed by atoms with Crippen LogP contribution in [0.1, 0.15) is 150 Å². The summed E-state index contributed by atoms with van der Waals surface area (Å²) in [7, 11) is 0. The van der Waals surface area contributed by atoms with E-state index in [0.29, 0.717) is 29.2 Å². The van der Waals surface area contributed by atoms with E-state index in [-0.39, 0.29) is 17.5 Å². The number of ether oxygens (including phenoxy) is 2. The number of para-hydroxylation sites is 3. The number of nitrogens with zero attached hydrogens (tertiary/aromatic N) is 5. The van der Waals surface area contributed by atoms with Crippen molar-refractivity contribution >= 4 is 22.8 Å². The van der Waals surface area contributed by atoms with Crippen LogP contribution in [0.2, 0.25) is 0 Å². The fourth-order valence-corrected chi connectivity index (χ4v) is 10.6. The van der Waals surface area contributed by atoms with E-state index in [9.17, 15) is 4.79 Å². The molecule has 0 bridgehead atoms. The highest BCUT2D eigenvalue weighted by Crippen LogP contribution is 2.44. The Morgan fingerprint density at radius 2 is 1.06 bits per heavy atom. The first-order chi connectivity index (χ1) is 37.4. The summed E-state index contributed by atoms with van der Waals surface area (Å²) in [6, 6.07) is 47.4. The van der Waals surface area contributed by atoms with Gasteiger partial charge < -0.3 is 24.3 Å². The second-order valence-electron chi connectivity index (χ2n) is 23.7. The largest absolute Gasteiger partial charge is 0.347 e. The first-order valence-electron chi connectivity index (χ1n) is 29.4. The summed E-state index contributed by atoms with van der Waals surface area (Å²) in [5.41, 5.74) is 10.4. The maximum absolute atomic E-state index is 11.5. The maximum atomic E-state index is 11.5. The number of allylic oxidation sites excluding steroid dienone is 1. The number of benzene rings is 5. The number of likely N-dealkylation sites (tertiary alicyclic amines) is 2. The van der Waals surface area contributed by atoms with Crippen molar-refractivity contribution in [3.63, 3.8) is 0 Å². The zero-order valence-electron chi connectivity index (χ0n) is 50.2. The van der Waals surface area contributed by atoms with Crippen molar-refractivity contribution in [2.24, 2.45) is 11.8 Å². The van der Waals surface area contributed by atoms with E-state index in [1.54, 1.807) is 27.8 Å². The maximum Gasteiger partial charge on any atom is 0.326 e. The van der Waals surface area contributed by atoms with E-state index in [4.69, 9.17) is 16.0 Å². The van der Waals surface area contributed by atoms with Gasteiger partial charge in [0, 0.05) is 68.6 Å². The normalized spacial score (nSPS) is 17.1. The Hall–Kier alpha value is -5.60. The van der Waals surface area contributed by atoms with Crippen LogP contribution in [-0.4, -0.2) is 94.1 Å². The number of hydrogen-bond donors (Lipinski definition) is 1. The number of imidazole rings is 1. The van der Waals surface area contributed by atoms with Gasteiger partial charge in [0.25, 0.3) is 0 Å². The van der Waals surface area contributed by atoms with Gasteiger partial charge in [-0.1, -0.05) is 168 Å². The number of fused-ring (bicyclic) bond motifs is 4. The Morgan fingerprint density at radius 1 is 0.564 bits per heavy atom. The molecule has 78 heavy (non-hydrogen) atoms. The lowest BCUT2D eigenvalue weighted by atomic mass is 9.74. The van der Waals surface area contributed by atoms with E-state index < -0.39 is 0 Å². The zero-order chi connectivity index (χ0) is 56.7. The number of rotatable bonds is 6. The predicted molar refractivity (Wildman–Crippen MR) is 331 cm³/mol. The average Bonchev–Trinajstić information content (AvgIpc) is 4.30. The monoisotopic (exact) mass is 1060 g/mol. The Labute approximate surface area is 471 Å². The lowest BCUT2D eigenvalue weighted by Gasteiger charge is -2.41. The molecule has 1 N–H and O–H groups in total. The molecule has 9 heteroatoms. The van der Waals surface area contributed by atoms with Crippen LogP contribution in [0.3, 0.4) is 0 Å². The number of H-pyrrole nitrogens is 1. The Morgan fingerprint density at radius 3 is 1.60 bits per heavy atom. The minimum atomic E-state index is -0.203. The highest BCUT2D eigenvalue weighted by molar-refractivity contribution is 5.75. The Kier molecular flexibility index (Phi) is 25.8. The van der Waals surface area contributed by atoms with E-state index in [2.05, 4.69) is 192 Å². The molecule has 0 saturated carbocycles. The molecule has 6 aromatic rings. The molecule has 0 unspecified atom stereocenters. The summed E-state index contributed by atoms with van der Waals surface area (Å²) in [6.07, 6.45) is 11.8. The summed E-state index contributed by atoms with van der Waals surface area (Å²) in [4.78, 5) is 25.1. The molecule has 422 valence electrons. The molecule has 0 atom stereocenters. The average molecular weight is 1060 g/mol. The van der Waals surface area contributed by atoms with E-state index >= 15 is 0 Å². The van der Waals surface area contributed by atoms with Crippen LogP contribution in [0.4, 0.5) is 5.69 Å². The van der Waals surface area contributed by atoms with Crippen LogP contribution in [0, 0.1) is 18.4 Å². The van der Waals surface area contributed by atoms with Gasteiger partial charge in [-0.15, -0.1) is 0 Å². The van der Waals surface area contributed by atoms with Gasteiger partial charge in [0.15, 0.2) is 11.5 Å². The molecule has 9 nitrogen and oxygen atoms in total. The third kappa shape index (κ3) is 19.6. The van der Waals surface area contributed by atoms with Crippen LogP contribution in [-0.2, 0) is 34.3 Å². The summed E-state index contributed by atoms with van der Waals surface area (Å²) in [5.74, 6) is 1.40. The summed E-state index contributed by atoms with van der Waals surface area (Å²) < 4.78 is 13.1. The molecule has 5 aliphatic rings. The molecule has 5 heterocycles. The van der Waals surface area contributed by atoms with Crippen LogP contribution < -0.4 is 5.69 Å². The predicted octanol–water partition coefficient (Wildman–Crippen LogP) is 15.8. The van der Waals surface area contributed by atoms with Crippen molar-refractivity contribution in [3.05, 3.63) is 189 Å². The number of aromatic nitrogens is 2.